The molecule has 5 heteroatoms. The third-order valence-electron chi connectivity index (χ3n) is 3.31. The van der Waals surface area contributed by atoms with Gasteiger partial charge in [-0.05, 0) is 31.8 Å². The summed E-state index contributed by atoms with van der Waals surface area (Å²) >= 11 is 0. The number of oxime groups is 1. The van der Waals surface area contributed by atoms with Crippen LogP contribution in [0.2, 0.25) is 0 Å². The van der Waals surface area contributed by atoms with Gasteiger partial charge in [-0.3, -0.25) is 0 Å². The molecule has 0 aromatic heterocycles. The smallest absolute Gasteiger partial charge is 0.161 e. The minimum Gasteiger partial charge on any atom is -0.398 e. The first-order valence-electron chi connectivity index (χ1n) is 5.08. The lowest BCUT2D eigenvalue weighted by Crippen LogP contribution is -2.49. The van der Waals surface area contributed by atoms with Gasteiger partial charge in [0.15, 0.2) is 5.71 Å². The zero-order valence-corrected chi connectivity index (χ0v) is 9.66. The van der Waals surface area contributed by atoms with Crippen molar-refractivity contribution in [1.29, 1.82) is 5.26 Å². The first kappa shape index (κ1) is 12.3. The second-order valence-corrected chi connectivity index (χ2v) is 4.02. The average Bonchev–Trinajstić information content (AvgIpc) is 2.27. The Morgan fingerprint density at radius 2 is 2.13 bits per heavy atom. The molecule has 0 aromatic rings. The third kappa shape index (κ3) is 2.42. The van der Waals surface area contributed by atoms with Crippen molar-refractivity contribution in [2.75, 3.05) is 26.7 Å². The number of rotatable bonds is 2. The molecule has 3 rings (SSSR count). The lowest BCUT2D eigenvalue weighted by atomic mass is 9.77. The molecule has 15 heavy (non-hydrogen) atoms. The summed E-state index contributed by atoms with van der Waals surface area (Å²) in [7, 11) is 1.50. The number of piperidine rings is 3. The van der Waals surface area contributed by atoms with E-state index in [2.05, 4.69) is 16.1 Å². The molecule has 0 N–H and O–H groups in total. The van der Waals surface area contributed by atoms with Crippen LogP contribution in [0.25, 0.3) is 0 Å². The lowest BCUT2D eigenvalue weighted by molar-refractivity contribution is 0.0800. The van der Waals surface area contributed by atoms with Crippen molar-refractivity contribution in [2.45, 2.75) is 12.8 Å². The molecule has 1 atom stereocenters. The van der Waals surface area contributed by atoms with Crippen LogP contribution in [0.15, 0.2) is 5.16 Å². The van der Waals surface area contributed by atoms with Crippen LogP contribution in [0.1, 0.15) is 12.8 Å². The van der Waals surface area contributed by atoms with Gasteiger partial charge in [-0.15, -0.1) is 12.4 Å². The minimum absolute atomic E-state index is 0. The van der Waals surface area contributed by atoms with Crippen molar-refractivity contribution in [2.24, 2.45) is 17.0 Å². The SMILES string of the molecule is CO/N=C(\C#N)[C@H]1CN2CCC1CC2.Cl. The Hall–Kier alpha value is -0.790. The summed E-state index contributed by atoms with van der Waals surface area (Å²) in [5.74, 6) is 0.955. The Labute approximate surface area is 96.3 Å². The van der Waals surface area contributed by atoms with Crippen molar-refractivity contribution in [3.05, 3.63) is 0 Å². The van der Waals surface area contributed by atoms with Gasteiger partial charge in [0.1, 0.15) is 13.2 Å². The monoisotopic (exact) mass is 229 g/mol. The van der Waals surface area contributed by atoms with Gasteiger partial charge in [0, 0.05) is 12.5 Å². The summed E-state index contributed by atoms with van der Waals surface area (Å²) in [6.07, 6.45) is 2.41. The molecule has 0 spiro atoms. The predicted octanol–water partition coefficient (Wildman–Crippen LogP) is 1.28. The highest BCUT2D eigenvalue weighted by molar-refractivity contribution is 6.00. The summed E-state index contributed by atoms with van der Waals surface area (Å²) in [5, 5.41) is 12.8. The molecular formula is C10H16ClN3O. The van der Waals surface area contributed by atoms with E-state index in [0.717, 1.165) is 6.54 Å². The summed E-state index contributed by atoms with van der Waals surface area (Å²) in [5.41, 5.74) is 0.571. The molecule has 0 saturated carbocycles. The van der Waals surface area contributed by atoms with Gasteiger partial charge >= 0.3 is 0 Å². The van der Waals surface area contributed by atoms with Gasteiger partial charge in [-0.2, -0.15) is 5.26 Å². The zero-order chi connectivity index (χ0) is 9.97. The average molecular weight is 230 g/mol. The van der Waals surface area contributed by atoms with E-state index in [4.69, 9.17) is 10.1 Å². The van der Waals surface area contributed by atoms with Gasteiger partial charge in [-0.25, -0.2) is 0 Å². The minimum atomic E-state index is 0. The van der Waals surface area contributed by atoms with Crippen molar-refractivity contribution < 1.29 is 4.84 Å². The maximum atomic E-state index is 8.96. The van der Waals surface area contributed by atoms with E-state index in [0.29, 0.717) is 17.5 Å². The maximum Gasteiger partial charge on any atom is 0.161 e. The Morgan fingerprint density at radius 1 is 1.47 bits per heavy atom. The lowest BCUT2D eigenvalue weighted by Gasteiger charge is -2.43. The van der Waals surface area contributed by atoms with E-state index >= 15 is 0 Å². The van der Waals surface area contributed by atoms with Crippen LogP contribution in [0, 0.1) is 23.2 Å². The molecule has 0 amide bonds. The fourth-order valence-corrected chi connectivity index (χ4v) is 2.54. The first-order chi connectivity index (χ1) is 6.85. The molecule has 0 aliphatic carbocycles. The van der Waals surface area contributed by atoms with E-state index in [1.807, 2.05) is 0 Å². The summed E-state index contributed by atoms with van der Waals surface area (Å²) in [4.78, 5) is 7.11. The van der Waals surface area contributed by atoms with E-state index in [-0.39, 0.29) is 12.4 Å². The van der Waals surface area contributed by atoms with Gasteiger partial charge in [0.2, 0.25) is 0 Å². The van der Waals surface area contributed by atoms with Crippen LogP contribution >= 0.6 is 12.4 Å². The molecule has 0 aromatic carbocycles. The molecule has 84 valence electrons. The second-order valence-electron chi connectivity index (χ2n) is 4.02. The summed E-state index contributed by atoms with van der Waals surface area (Å²) in [6.45, 7) is 3.36. The van der Waals surface area contributed by atoms with Crippen molar-refractivity contribution >= 4 is 18.1 Å². The zero-order valence-electron chi connectivity index (χ0n) is 8.85. The Bertz CT molecular complexity index is 279. The Balaban J connectivity index is 0.00000112. The number of hydrogen-bond acceptors (Lipinski definition) is 4. The standard InChI is InChI=1S/C10H15N3O.ClH/c1-14-12-10(6-11)9-7-13-4-2-8(9)3-5-13;/h8-9H,2-5,7H2,1H3;1H/b12-10+;/t9-;/m0./s1. The summed E-state index contributed by atoms with van der Waals surface area (Å²) in [6, 6.07) is 2.16. The molecule has 0 radical (unpaired) electrons. The van der Waals surface area contributed by atoms with E-state index < -0.39 is 0 Å². The fourth-order valence-electron chi connectivity index (χ4n) is 2.54. The number of nitriles is 1. The number of hydrogen-bond donors (Lipinski definition) is 0. The van der Waals surface area contributed by atoms with Crippen LogP contribution in [-0.4, -0.2) is 37.4 Å². The van der Waals surface area contributed by atoms with Crippen LogP contribution in [-0.2, 0) is 4.84 Å². The largest absolute Gasteiger partial charge is 0.398 e. The third-order valence-corrected chi connectivity index (χ3v) is 3.31. The molecule has 2 bridgehead atoms. The molecule has 0 unspecified atom stereocenters. The van der Waals surface area contributed by atoms with Crippen LogP contribution in [0.4, 0.5) is 0 Å². The van der Waals surface area contributed by atoms with E-state index in [1.165, 1.54) is 33.0 Å². The second kappa shape index (κ2) is 5.34. The molecule has 3 fully saturated rings. The molecule has 3 saturated heterocycles. The van der Waals surface area contributed by atoms with Crippen LogP contribution < -0.4 is 0 Å². The highest BCUT2D eigenvalue weighted by Crippen LogP contribution is 2.33. The maximum absolute atomic E-state index is 8.96. The van der Waals surface area contributed by atoms with E-state index in [1.54, 1.807) is 0 Å². The van der Waals surface area contributed by atoms with Crippen LogP contribution in [0.5, 0.6) is 0 Å². The van der Waals surface area contributed by atoms with Crippen LogP contribution in [0.3, 0.4) is 0 Å². The highest BCUT2D eigenvalue weighted by atomic mass is 35.5. The van der Waals surface area contributed by atoms with Gasteiger partial charge < -0.3 is 9.74 Å². The van der Waals surface area contributed by atoms with Gasteiger partial charge in [-0.1, -0.05) is 5.16 Å². The molecule has 3 aliphatic heterocycles. The number of halogens is 1. The van der Waals surface area contributed by atoms with Crippen molar-refractivity contribution in [3.63, 3.8) is 0 Å². The molecule has 3 aliphatic rings. The quantitative estimate of drug-likeness (QED) is 0.529. The Kier molecular flexibility index (Phi) is 4.37. The summed E-state index contributed by atoms with van der Waals surface area (Å²) < 4.78 is 0. The number of nitrogens with zero attached hydrogens (tertiary/aromatic N) is 3. The molecular weight excluding hydrogens is 214 g/mol. The van der Waals surface area contributed by atoms with Gasteiger partial charge in [0.25, 0.3) is 0 Å². The predicted molar refractivity (Wildman–Crippen MR) is 60.0 cm³/mol. The fraction of sp³-hybridized carbons (Fsp3) is 0.800. The number of fused-ring (bicyclic) bond motifs is 3. The van der Waals surface area contributed by atoms with Crippen molar-refractivity contribution in [1.82, 2.24) is 4.90 Å². The molecule has 3 heterocycles. The van der Waals surface area contributed by atoms with Gasteiger partial charge in [0.05, 0.1) is 0 Å². The highest BCUT2D eigenvalue weighted by Gasteiger charge is 2.37. The topological polar surface area (TPSA) is 48.6 Å². The van der Waals surface area contributed by atoms with Crippen molar-refractivity contribution in [3.8, 4) is 6.07 Å². The first-order valence-corrected chi connectivity index (χ1v) is 5.08. The Morgan fingerprint density at radius 3 is 2.53 bits per heavy atom. The molecule has 4 nitrogen and oxygen atoms in total. The normalized spacial score (nSPS) is 34.1. The van der Waals surface area contributed by atoms with E-state index in [9.17, 15) is 0 Å².